The molecular weight excluding hydrogens is 346 g/mol. The van der Waals surface area contributed by atoms with Crippen LogP contribution in [-0.4, -0.2) is 45.0 Å². The molecule has 144 valence electrons. The number of aromatic nitrogens is 2. The summed E-state index contributed by atoms with van der Waals surface area (Å²) in [5, 5.41) is 16.8. The Morgan fingerprint density at radius 2 is 1.96 bits per heavy atom. The summed E-state index contributed by atoms with van der Waals surface area (Å²) >= 11 is 0. The van der Waals surface area contributed by atoms with E-state index in [1.165, 1.54) is 0 Å². The maximum Gasteiger partial charge on any atom is 0.330 e. The highest BCUT2D eigenvalue weighted by Crippen LogP contribution is 2.51. The Balaban J connectivity index is 1.80. The second kappa shape index (κ2) is 6.81. The van der Waals surface area contributed by atoms with E-state index >= 15 is 0 Å². The van der Waals surface area contributed by atoms with E-state index in [2.05, 4.69) is 10.4 Å². The highest BCUT2D eigenvalue weighted by atomic mass is 16.5. The third-order valence-corrected chi connectivity index (χ3v) is 5.66. The summed E-state index contributed by atoms with van der Waals surface area (Å²) in [6.45, 7) is 7.95. The first kappa shape index (κ1) is 19.1. The Morgan fingerprint density at radius 1 is 1.30 bits per heavy atom. The van der Waals surface area contributed by atoms with Crippen molar-refractivity contribution in [1.82, 2.24) is 15.1 Å². The smallest absolute Gasteiger partial charge is 0.330 e. The van der Waals surface area contributed by atoms with Crippen LogP contribution in [0.5, 0.6) is 0 Å². The second-order valence-corrected chi connectivity index (χ2v) is 7.47. The zero-order valence-electron chi connectivity index (χ0n) is 16.0. The van der Waals surface area contributed by atoms with Crippen molar-refractivity contribution in [1.29, 1.82) is 0 Å². The number of amides is 1. The van der Waals surface area contributed by atoms with E-state index in [-0.39, 0.29) is 12.5 Å². The van der Waals surface area contributed by atoms with Crippen molar-refractivity contribution in [3.63, 3.8) is 0 Å². The molecular formula is C20H25N3O4. The Morgan fingerprint density at radius 3 is 2.44 bits per heavy atom. The van der Waals surface area contributed by atoms with Crippen molar-refractivity contribution in [2.24, 2.45) is 5.41 Å². The molecule has 2 unspecified atom stereocenters. The maximum absolute atomic E-state index is 12.7. The number of aryl methyl sites for hydroxylation is 1. The lowest BCUT2D eigenvalue weighted by Crippen LogP contribution is -2.76. The summed E-state index contributed by atoms with van der Waals surface area (Å²) in [5.41, 5.74) is 0.162. The van der Waals surface area contributed by atoms with Crippen LogP contribution in [0.15, 0.2) is 36.5 Å². The van der Waals surface area contributed by atoms with Gasteiger partial charge in [-0.15, -0.1) is 0 Å². The largest absolute Gasteiger partial charge is 0.479 e. The first-order valence-electron chi connectivity index (χ1n) is 9.01. The number of benzene rings is 1. The van der Waals surface area contributed by atoms with Gasteiger partial charge in [-0.1, -0.05) is 13.8 Å². The average molecular weight is 371 g/mol. The van der Waals surface area contributed by atoms with Crippen LogP contribution in [0.4, 0.5) is 0 Å². The minimum atomic E-state index is -1.35. The lowest BCUT2D eigenvalue weighted by molar-refractivity contribution is -0.190. The predicted octanol–water partition coefficient (Wildman–Crippen LogP) is 2.57. The molecule has 2 aromatic rings. The fraction of sp³-hybridized carbons (Fsp3) is 0.450. The molecule has 1 saturated carbocycles. The van der Waals surface area contributed by atoms with Crippen LogP contribution in [0, 0.1) is 12.3 Å². The van der Waals surface area contributed by atoms with Gasteiger partial charge in [-0.25, -0.2) is 9.48 Å². The zero-order chi connectivity index (χ0) is 19.8. The van der Waals surface area contributed by atoms with Gasteiger partial charge >= 0.3 is 5.97 Å². The zero-order valence-corrected chi connectivity index (χ0v) is 16.0. The summed E-state index contributed by atoms with van der Waals surface area (Å²) in [5.74, 6) is -1.45. The van der Waals surface area contributed by atoms with E-state index in [1.807, 2.05) is 33.8 Å². The SMILES string of the molecule is CCOC1CC(NC(=O)c2ccc(-n3nccc3C)cc2)(C(=O)O)C1(C)C. The predicted molar refractivity (Wildman–Crippen MR) is 99.9 cm³/mol. The van der Waals surface area contributed by atoms with Crippen molar-refractivity contribution in [2.45, 2.75) is 45.8 Å². The molecule has 2 atom stereocenters. The molecule has 7 heteroatoms. The van der Waals surface area contributed by atoms with E-state index < -0.39 is 22.8 Å². The molecule has 1 aliphatic carbocycles. The van der Waals surface area contributed by atoms with Gasteiger partial charge in [0.1, 0.15) is 5.54 Å². The van der Waals surface area contributed by atoms with Crippen molar-refractivity contribution in [2.75, 3.05) is 6.61 Å². The average Bonchev–Trinajstić information content (AvgIpc) is 3.06. The molecule has 0 saturated heterocycles. The summed E-state index contributed by atoms with van der Waals surface area (Å²) < 4.78 is 7.40. The lowest BCUT2D eigenvalue weighted by Gasteiger charge is -2.58. The van der Waals surface area contributed by atoms with Gasteiger partial charge < -0.3 is 15.2 Å². The number of ether oxygens (including phenoxy) is 1. The van der Waals surface area contributed by atoms with Gasteiger partial charge in [0.15, 0.2) is 0 Å². The number of nitrogens with one attached hydrogen (secondary N) is 1. The topological polar surface area (TPSA) is 93.5 Å². The van der Waals surface area contributed by atoms with Crippen LogP contribution in [0.3, 0.4) is 0 Å². The van der Waals surface area contributed by atoms with Gasteiger partial charge in [0.25, 0.3) is 5.91 Å². The van der Waals surface area contributed by atoms with E-state index in [9.17, 15) is 14.7 Å². The van der Waals surface area contributed by atoms with Gasteiger partial charge in [0.05, 0.1) is 11.8 Å². The summed E-state index contributed by atoms with van der Waals surface area (Å²) in [4.78, 5) is 24.7. The molecule has 1 fully saturated rings. The standard InChI is InChI=1S/C20H25N3O4/c1-5-27-16-12-20(18(25)26,19(16,3)4)22-17(24)14-6-8-15(9-7-14)23-13(2)10-11-21-23/h6-11,16H,5,12H2,1-4H3,(H,22,24)(H,25,26). The molecule has 0 aliphatic heterocycles. The van der Waals surface area contributed by atoms with Crippen molar-refractivity contribution >= 4 is 11.9 Å². The van der Waals surface area contributed by atoms with Gasteiger partial charge in [-0.05, 0) is 44.2 Å². The second-order valence-electron chi connectivity index (χ2n) is 7.47. The maximum atomic E-state index is 12.7. The quantitative estimate of drug-likeness (QED) is 0.814. The van der Waals surface area contributed by atoms with Crippen LogP contribution in [0.1, 0.15) is 43.2 Å². The van der Waals surface area contributed by atoms with Gasteiger partial charge in [0.2, 0.25) is 0 Å². The van der Waals surface area contributed by atoms with E-state index in [0.29, 0.717) is 12.2 Å². The minimum absolute atomic E-state index is 0.205. The van der Waals surface area contributed by atoms with Crippen molar-refractivity contribution in [3.8, 4) is 5.69 Å². The number of aliphatic carboxylic acids is 1. The number of hydrogen-bond donors (Lipinski definition) is 2. The third-order valence-electron chi connectivity index (χ3n) is 5.66. The Hall–Kier alpha value is -2.67. The van der Waals surface area contributed by atoms with Crippen LogP contribution in [0.2, 0.25) is 0 Å². The highest BCUT2D eigenvalue weighted by molar-refractivity contribution is 5.98. The molecule has 0 radical (unpaired) electrons. The van der Waals surface area contributed by atoms with Crippen LogP contribution >= 0.6 is 0 Å². The normalized spacial score (nSPS) is 23.5. The van der Waals surface area contributed by atoms with Crippen molar-refractivity contribution in [3.05, 3.63) is 47.8 Å². The number of carboxylic acid groups (broad SMARTS) is 1. The summed E-state index contributed by atoms with van der Waals surface area (Å²) in [6, 6.07) is 8.82. The number of hydrogen-bond acceptors (Lipinski definition) is 4. The molecule has 2 N–H and O–H groups in total. The molecule has 27 heavy (non-hydrogen) atoms. The molecule has 1 heterocycles. The molecule has 0 spiro atoms. The number of nitrogens with zero attached hydrogens (tertiary/aromatic N) is 2. The van der Waals surface area contributed by atoms with Crippen LogP contribution < -0.4 is 5.32 Å². The number of carbonyl (C=O) groups excluding carboxylic acids is 1. The third kappa shape index (κ3) is 3.02. The fourth-order valence-electron chi connectivity index (χ4n) is 3.70. The highest BCUT2D eigenvalue weighted by Gasteiger charge is 2.66. The first-order valence-corrected chi connectivity index (χ1v) is 9.01. The van der Waals surface area contributed by atoms with Crippen LogP contribution in [-0.2, 0) is 9.53 Å². The first-order chi connectivity index (χ1) is 12.7. The van der Waals surface area contributed by atoms with Gasteiger partial charge in [0, 0.05) is 35.9 Å². The van der Waals surface area contributed by atoms with E-state index in [1.54, 1.807) is 35.1 Å². The minimum Gasteiger partial charge on any atom is -0.479 e. The monoisotopic (exact) mass is 371 g/mol. The molecule has 7 nitrogen and oxygen atoms in total. The van der Waals surface area contributed by atoms with Crippen LogP contribution in [0.25, 0.3) is 5.69 Å². The lowest BCUT2D eigenvalue weighted by atomic mass is 9.54. The molecule has 1 aliphatic rings. The molecule has 1 aromatic carbocycles. The molecule has 0 bridgehead atoms. The summed E-state index contributed by atoms with van der Waals surface area (Å²) in [6.07, 6.45) is 1.75. The Bertz CT molecular complexity index is 856. The molecule has 1 aromatic heterocycles. The molecule has 1 amide bonds. The fourth-order valence-corrected chi connectivity index (χ4v) is 3.70. The number of rotatable bonds is 6. The van der Waals surface area contributed by atoms with E-state index in [0.717, 1.165) is 11.4 Å². The van der Waals surface area contributed by atoms with Gasteiger partial charge in [-0.3, -0.25) is 4.79 Å². The number of carboxylic acids is 1. The van der Waals surface area contributed by atoms with Gasteiger partial charge in [-0.2, -0.15) is 5.10 Å². The Kier molecular flexibility index (Phi) is 4.82. The van der Waals surface area contributed by atoms with Crippen molar-refractivity contribution < 1.29 is 19.4 Å². The number of carbonyl (C=O) groups is 2. The summed E-state index contributed by atoms with van der Waals surface area (Å²) in [7, 11) is 0. The molecule has 3 rings (SSSR count). The Labute approximate surface area is 158 Å². The van der Waals surface area contributed by atoms with E-state index in [4.69, 9.17) is 4.74 Å².